The molecular weight excluding hydrogens is 502 g/mol. The van der Waals surface area contributed by atoms with Crippen LogP contribution in [-0.4, -0.2) is 49.1 Å². The third-order valence-electron chi connectivity index (χ3n) is 7.21. The van der Waals surface area contributed by atoms with Crippen molar-refractivity contribution in [2.45, 2.75) is 37.5 Å². The fraction of sp³-hybridized carbons (Fsp3) is 0.321. The van der Waals surface area contributed by atoms with Crippen LogP contribution in [0.3, 0.4) is 0 Å². The highest BCUT2D eigenvalue weighted by molar-refractivity contribution is 7.90. The minimum Gasteiger partial charge on any atom is -0.444 e. The number of rotatable bonds is 5. The molecule has 0 saturated carbocycles. The predicted octanol–water partition coefficient (Wildman–Crippen LogP) is 4.22. The summed E-state index contributed by atoms with van der Waals surface area (Å²) < 4.78 is 32.5. The lowest BCUT2D eigenvalue weighted by molar-refractivity contribution is 0.572. The Hall–Kier alpha value is -3.92. The molecule has 2 aromatic carbocycles. The van der Waals surface area contributed by atoms with Crippen molar-refractivity contribution in [2.75, 3.05) is 36.1 Å². The van der Waals surface area contributed by atoms with E-state index in [0.717, 1.165) is 66.5 Å². The van der Waals surface area contributed by atoms with Crippen LogP contribution in [0.5, 0.6) is 0 Å². The van der Waals surface area contributed by atoms with Crippen LogP contribution in [0, 0.1) is 6.92 Å². The summed E-state index contributed by atoms with van der Waals surface area (Å²) in [6.45, 7) is 4.44. The molecule has 1 saturated heterocycles. The molecule has 196 valence electrons. The van der Waals surface area contributed by atoms with Gasteiger partial charge in [0.15, 0.2) is 22.0 Å². The van der Waals surface area contributed by atoms with Crippen molar-refractivity contribution in [3.8, 4) is 28.3 Å². The van der Waals surface area contributed by atoms with Gasteiger partial charge in [0.1, 0.15) is 5.69 Å². The molecular formula is C28H29N5O4S. The number of hydrogen-bond acceptors (Lipinski definition) is 8. The Morgan fingerprint density at radius 3 is 2.55 bits per heavy atom. The number of aryl methyl sites for hydroxylation is 1. The molecule has 0 aliphatic carbocycles. The quantitative estimate of drug-likeness (QED) is 0.408. The zero-order chi connectivity index (χ0) is 26.4. The molecule has 4 aromatic rings. The number of fused-ring (bicyclic) bond motifs is 1. The maximum Gasteiger partial charge on any atom is 0.295 e. The molecule has 1 N–H and O–H groups in total. The van der Waals surface area contributed by atoms with E-state index in [-0.39, 0.29) is 16.1 Å². The van der Waals surface area contributed by atoms with E-state index < -0.39 is 9.84 Å². The van der Waals surface area contributed by atoms with E-state index >= 15 is 0 Å². The second-order valence-electron chi connectivity index (χ2n) is 10.0. The first kappa shape index (κ1) is 24.4. The summed E-state index contributed by atoms with van der Waals surface area (Å²) in [5.41, 5.74) is 5.41. The van der Waals surface area contributed by atoms with Gasteiger partial charge in [-0.3, -0.25) is 4.79 Å². The lowest BCUT2D eigenvalue weighted by Gasteiger charge is -2.24. The Bertz CT molecular complexity index is 1690. The maximum atomic E-state index is 13.8. The van der Waals surface area contributed by atoms with Crippen molar-refractivity contribution in [1.82, 2.24) is 14.8 Å². The fourth-order valence-corrected chi connectivity index (χ4v) is 6.28. The van der Waals surface area contributed by atoms with Gasteiger partial charge in [-0.05, 0) is 74.6 Å². The van der Waals surface area contributed by atoms with E-state index in [4.69, 9.17) is 9.52 Å². The topological polar surface area (TPSA) is 110 Å². The zero-order valence-electron chi connectivity index (χ0n) is 21.4. The van der Waals surface area contributed by atoms with Crippen molar-refractivity contribution in [3.05, 3.63) is 70.5 Å². The minimum absolute atomic E-state index is 0.0725. The molecule has 0 unspecified atom stereocenters. The van der Waals surface area contributed by atoms with Crippen LogP contribution in [0.1, 0.15) is 30.4 Å². The van der Waals surface area contributed by atoms with Gasteiger partial charge in [0, 0.05) is 48.3 Å². The first-order valence-corrected chi connectivity index (χ1v) is 14.7. The van der Waals surface area contributed by atoms with E-state index in [1.807, 2.05) is 31.2 Å². The van der Waals surface area contributed by atoms with Crippen LogP contribution in [0.15, 0.2) is 63.1 Å². The third-order valence-corrected chi connectivity index (χ3v) is 8.35. The largest absolute Gasteiger partial charge is 0.444 e. The number of anilines is 2. The van der Waals surface area contributed by atoms with Crippen molar-refractivity contribution in [1.29, 1.82) is 0 Å². The van der Waals surface area contributed by atoms with Crippen molar-refractivity contribution < 1.29 is 12.8 Å². The molecule has 2 aliphatic rings. The molecule has 2 aliphatic heterocycles. The van der Waals surface area contributed by atoms with Crippen molar-refractivity contribution in [2.24, 2.45) is 0 Å². The van der Waals surface area contributed by atoms with E-state index in [9.17, 15) is 13.2 Å². The number of benzene rings is 2. The number of oxazole rings is 1. The normalized spacial score (nSPS) is 15.4. The van der Waals surface area contributed by atoms with Gasteiger partial charge in [-0.2, -0.15) is 9.78 Å². The van der Waals surface area contributed by atoms with Crippen LogP contribution < -0.4 is 15.8 Å². The van der Waals surface area contributed by atoms with Gasteiger partial charge in [0.2, 0.25) is 0 Å². The summed E-state index contributed by atoms with van der Waals surface area (Å²) in [4.78, 5) is 20.2. The SMILES string of the molecule is Cc1cc(-c2cnco2)cc(-c2nn(-c3cc(N4CCCC4)ccc3S(C)(=O)=O)c(=O)c3c2CCCN3)c1. The first-order valence-electron chi connectivity index (χ1n) is 12.8. The van der Waals surface area contributed by atoms with Gasteiger partial charge < -0.3 is 14.6 Å². The molecule has 0 radical (unpaired) electrons. The minimum atomic E-state index is -3.64. The molecule has 38 heavy (non-hydrogen) atoms. The second kappa shape index (κ2) is 9.43. The van der Waals surface area contributed by atoms with Crippen LogP contribution in [0.25, 0.3) is 28.3 Å². The number of hydrogen-bond donors (Lipinski definition) is 1. The Balaban J connectivity index is 1.61. The average Bonchev–Trinajstić information content (AvgIpc) is 3.63. The number of nitrogens with one attached hydrogen (secondary N) is 1. The van der Waals surface area contributed by atoms with Gasteiger partial charge in [-0.15, -0.1) is 0 Å². The van der Waals surface area contributed by atoms with E-state index in [1.54, 1.807) is 18.3 Å². The summed E-state index contributed by atoms with van der Waals surface area (Å²) >= 11 is 0. The highest BCUT2D eigenvalue weighted by Gasteiger charge is 2.26. The van der Waals surface area contributed by atoms with Crippen molar-refractivity contribution in [3.63, 3.8) is 0 Å². The van der Waals surface area contributed by atoms with Crippen LogP contribution in [-0.2, 0) is 16.3 Å². The Morgan fingerprint density at radius 2 is 1.82 bits per heavy atom. The molecule has 1 fully saturated rings. The average molecular weight is 532 g/mol. The predicted molar refractivity (Wildman–Crippen MR) is 147 cm³/mol. The van der Waals surface area contributed by atoms with Crippen LogP contribution >= 0.6 is 0 Å². The van der Waals surface area contributed by atoms with Gasteiger partial charge in [0.05, 0.1) is 22.5 Å². The molecule has 2 aromatic heterocycles. The summed E-state index contributed by atoms with van der Waals surface area (Å²) in [6.07, 6.45) is 7.93. The number of nitrogens with zero attached hydrogens (tertiary/aromatic N) is 4. The number of sulfone groups is 1. The highest BCUT2D eigenvalue weighted by Crippen LogP contribution is 2.34. The maximum absolute atomic E-state index is 13.8. The van der Waals surface area contributed by atoms with Gasteiger partial charge in [-0.1, -0.05) is 0 Å². The molecule has 0 spiro atoms. The standard InChI is InChI=1S/C28H29N5O4S/c1-18-12-19(24-16-29-17-37-24)14-20(13-18)26-22-6-5-9-30-27(22)28(34)33(31-26)23-15-21(32-10-3-4-11-32)7-8-25(23)38(2,35)36/h7-8,12-17,30H,3-6,9-11H2,1-2H3. The Morgan fingerprint density at radius 1 is 1.03 bits per heavy atom. The Labute approximate surface area is 221 Å². The van der Waals surface area contributed by atoms with Crippen LogP contribution in [0.2, 0.25) is 0 Å². The van der Waals surface area contributed by atoms with E-state index in [1.165, 1.54) is 11.1 Å². The lowest BCUT2D eigenvalue weighted by atomic mass is 9.96. The molecule has 0 bridgehead atoms. The van der Waals surface area contributed by atoms with Crippen LogP contribution in [0.4, 0.5) is 11.4 Å². The molecule has 9 nitrogen and oxygen atoms in total. The van der Waals surface area contributed by atoms with E-state index in [2.05, 4.69) is 15.2 Å². The summed E-state index contributed by atoms with van der Waals surface area (Å²) in [5.74, 6) is 0.632. The highest BCUT2D eigenvalue weighted by atomic mass is 32.2. The van der Waals surface area contributed by atoms with Gasteiger partial charge in [0.25, 0.3) is 5.56 Å². The number of aromatic nitrogens is 3. The molecule has 0 atom stereocenters. The molecule has 10 heteroatoms. The smallest absolute Gasteiger partial charge is 0.295 e. The summed E-state index contributed by atoms with van der Waals surface area (Å²) in [7, 11) is -3.64. The summed E-state index contributed by atoms with van der Waals surface area (Å²) in [5, 5.41) is 8.14. The fourth-order valence-electron chi connectivity index (χ4n) is 5.44. The molecule has 6 rings (SSSR count). The lowest BCUT2D eigenvalue weighted by Crippen LogP contribution is -2.31. The van der Waals surface area contributed by atoms with E-state index in [0.29, 0.717) is 30.1 Å². The summed E-state index contributed by atoms with van der Waals surface area (Å²) in [6, 6.07) is 11.2. The monoisotopic (exact) mass is 531 g/mol. The third kappa shape index (κ3) is 4.38. The van der Waals surface area contributed by atoms with Gasteiger partial charge in [-0.25, -0.2) is 13.4 Å². The Kier molecular flexibility index (Phi) is 6.06. The first-order chi connectivity index (χ1) is 18.3. The van der Waals surface area contributed by atoms with Crippen molar-refractivity contribution >= 4 is 21.2 Å². The second-order valence-corrected chi connectivity index (χ2v) is 12.0. The molecule has 0 amide bonds. The molecule has 4 heterocycles. The zero-order valence-corrected chi connectivity index (χ0v) is 22.2. The van der Waals surface area contributed by atoms with Gasteiger partial charge >= 0.3 is 0 Å².